The smallest absolute Gasteiger partial charge is 0.172 e. The number of benzene rings is 3. The van der Waals surface area contributed by atoms with E-state index >= 15 is 0 Å². The molecule has 1 aliphatic carbocycles. The summed E-state index contributed by atoms with van der Waals surface area (Å²) in [4.78, 5) is 4.76. The molecule has 214 valence electrons. The van der Waals surface area contributed by atoms with E-state index in [9.17, 15) is 5.11 Å². The fraction of sp³-hybridized carbons (Fsp3) is 0.351. The highest BCUT2D eigenvalue weighted by molar-refractivity contribution is 5.41. The Labute approximate surface area is 246 Å². The summed E-state index contributed by atoms with van der Waals surface area (Å²) in [6, 6.07) is 31.7. The molecule has 0 aromatic heterocycles. The minimum Gasteiger partial charge on any atom is -0.363 e. The maximum Gasteiger partial charge on any atom is 0.172 e. The summed E-state index contributed by atoms with van der Waals surface area (Å²) >= 11 is 0. The van der Waals surface area contributed by atoms with Crippen molar-refractivity contribution >= 4 is 0 Å². The van der Waals surface area contributed by atoms with Crippen molar-refractivity contribution in [3.8, 4) is 0 Å². The summed E-state index contributed by atoms with van der Waals surface area (Å²) in [6.07, 6.45) is 10.3. The molecule has 3 aromatic carbocycles. The first-order valence-corrected chi connectivity index (χ1v) is 15.0. The molecule has 5 rings (SSSR count). The normalized spacial score (nSPS) is 19.3. The van der Waals surface area contributed by atoms with Crippen molar-refractivity contribution in [3.05, 3.63) is 143 Å². The Morgan fingerprint density at radius 1 is 0.659 bits per heavy atom. The second-order valence-electron chi connectivity index (χ2n) is 12.4. The zero-order valence-corrected chi connectivity index (χ0v) is 25.0. The third-order valence-electron chi connectivity index (χ3n) is 8.42. The minimum absolute atomic E-state index is 0.117. The predicted octanol–water partition coefficient (Wildman–Crippen LogP) is 7.25. The molecule has 2 atom stereocenters. The first-order chi connectivity index (χ1) is 19.7. The van der Waals surface area contributed by atoms with E-state index in [0.29, 0.717) is 0 Å². The largest absolute Gasteiger partial charge is 0.363 e. The maximum atomic E-state index is 11.8. The van der Waals surface area contributed by atoms with E-state index in [-0.39, 0.29) is 17.5 Å². The SMILES string of the molecule is CC(C)(C)C1=CCC=C(C(c2ccccc2)N2CCN(C(C)(O)NC(c3ccccc3)c3ccccc3)CC2)C=C1. The standard InChI is InChI=1S/C37H45N3O/c1-36(2,3)33-22-14-21-32(23-24-33)35(31-19-12-7-13-20-31)39-25-27-40(28-26-39)37(4,41)38-34(29-15-8-5-9-16-29)30-17-10-6-11-18-30/h5-13,15-24,34-35,38,41H,14,25-28H2,1-4H3. The average Bonchev–Trinajstić information content (AvgIpc) is 3.25. The lowest BCUT2D eigenvalue weighted by molar-refractivity contribution is -0.140. The molecule has 0 spiro atoms. The van der Waals surface area contributed by atoms with Crippen molar-refractivity contribution in [2.24, 2.45) is 5.41 Å². The Bertz CT molecular complexity index is 1310. The van der Waals surface area contributed by atoms with Gasteiger partial charge in [0.1, 0.15) is 0 Å². The van der Waals surface area contributed by atoms with Gasteiger partial charge in [0.15, 0.2) is 5.85 Å². The third kappa shape index (κ3) is 7.14. The van der Waals surface area contributed by atoms with Crippen LogP contribution in [0.1, 0.15) is 62.9 Å². The number of nitrogens with one attached hydrogen (secondary N) is 1. The van der Waals surface area contributed by atoms with Crippen LogP contribution in [-0.4, -0.2) is 46.9 Å². The van der Waals surface area contributed by atoms with E-state index in [1.807, 2.05) is 19.1 Å². The summed E-state index contributed by atoms with van der Waals surface area (Å²) in [5, 5.41) is 15.4. The highest BCUT2D eigenvalue weighted by atomic mass is 16.3. The molecule has 1 heterocycles. The van der Waals surface area contributed by atoms with Crippen LogP contribution >= 0.6 is 0 Å². The fourth-order valence-corrected chi connectivity index (χ4v) is 6.08. The molecule has 3 aromatic rings. The first-order valence-electron chi connectivity index (χ1n) is 15.0. The molecular formula is C37H45N3O. The molecule has 0 bridgehead atoms. The summed E-state index contributed by atoms with van der Waals surface area (Å²) in [5.41, 5.74) is 6.44. The Morgan fingerprint density at radius 2 is 1.17 bits per heavy atom. The van der Waals surface area contributed by atoms with Gasteiger partial charge in [0.05, 0.1) is 12.1 Å². The van der Waals surface area contributed by atoms with Crippen LogP contribution in [0.3, 0.4) is 0 Å². The average molecular weight is 548 g/mol. The van der Waals surface area contributed by atoms with Gasteiger partial charge in [-0.2, -0.15) is 0 Å². The molecule has 4 heteroatoms. The zero-order chi connectivity index (χ0) is 28.9. The number of hydrogen-bond acceptors (Lipinski definition) is 4. The van der Waals surface area contributed by atoms with Crippen LogP contribution in [0, 0.1) is 5.41 Å². The molecule has 41 heavy (non-hydrogen) atoms. The van der Waals surface area contributed by atoms with Crippen LogP contribution in [0.2, 0.25) is 0 Å². The van der Waals surface area contributed by atoms with Crippen molar-refractivity contribution in [3.63, 3.8) is 0 Å². The predicted molar refractivity (Wildman–Crippen MR) is 170 cm³/mol. The van der Waals surface area contributed by atoms with E-state index < -0.39 is 5.85 Å². The molecule has 0 saturated carbocycles. The summed E-state index contributed by atoms with van der Waals surface area (Å²) in [7, 11) is 0. The molecule has 0 radical (unpaired) electrons. The molecular weight excluding hydrogens is 502 g/mol. The Kier molecular flexibility index (Phi) is 9.06. The molecule has 1 saturated heterocycles. The monoisotopic (exact) mass is 547 g/mol. The Morgan fingerprint density at radius 3 is 1.68 bits per heavy atom. The number of rotatable bonds is 8. The van der Waals surface area contributed by atoms with Crippen LogP contribution in [0.25, 0.3) is 0 Å². The van der Waals surface area contributed by atoms with E-state index in [1.165, 1.54) is 16.7 Å². The van der Waals surface area contributed by atoms with Gasteiger partial charge in [0, 0.05) is 26.2 Å². The van der Waals surface area contributed by atoms with Crippen LogP contribution in [0.5, 0.6) is 0 Å². The lowest BCUT2D eigenvalue weighted by Crippen LogP contribution is -2.63. The number of allylic oxidation sites excluding steroid dienone is 4. The molecule has 1 fully saturated rings. The fourth-order valence-electron chi connectivity index (χ4n) is 6.08. The summed E-state index contributed by atoms with van der Waals surface area (Å²) in [5.74, 6) is -1.17. The van der Waals surface area contributed by atoms with E-state index in [2.05, 4.69) is 139 Å². The summed E-state index contributed by atoms with van der Waals surface area (Å²) < 4.78 is 0. The van der Waals surface area contributed by atoms with Gasteiger partial charge in [-0.25, -0.2) is 0 Å². The molecule has 2 aliphatic rings. The van der Waals surface area contributed by atoms with Crippen LogP contribution in [-0.2, 0) is 0 Å². The number of aliphatic hydroxyl groups is 1. The molecule has 2 N–H and O–H groups in total. The third-order valence-corrected chi connectivity index (χ3v) is 8.42. The van der Waals surface area contributed by atoms with Crippen molar-refractivity contribution in [2.45, 2.75) is 52.0 Å². The summed E-state index contributed by atoms with van der Waals surface area (Å²) in [6.45, 7) is 12.0. The maximum absolute atomic E-state index is 11.8. The van der Waals surface area contributed by atoms with Gasteiger partial charge in [-0.3, -0.25) is 15.1 Å². The van der Waals surface area contributed by atoms with E-state index in [4.69, 9.17) is 0 Å². The van der Waals surface area contributed by atoms with Gasteiger partial charge < -0.3 is 5.11 Å². The van der Waals surface area contributed by atoms with E-state index in [1.54, 1.807) is 0 Å². The van der Waals surface area contributed by atoms with Gasteiger partial charge in [-0.1, -0.05) is 136 Å². The van der Waals surface area contributed by atoms with Crippen molar-refractivity contribution in [2.75, 3.05) is 26.2 Å². The van der Waals surface area contributed by atoms with Gasteiger partial charge in [0.25, 0.3) is 0 Å². The first kappa shape index (κ1) is 29.2. The van der Waals surface area contributed by atoms with E-state index in [0.717, 1.165) is 43.7 Å². The van der Waals surface area contributed by atoms with Crippen LogP contribution < -0.4 is 5.32 Å². The van der Waals surface area contributed by atoms with Gasteiger partial charge in [0.2, 0.25) is 0 Å². The van der Waals surface area contributed by atoms with Gasteiger partial charge in [-0.15, -0.1) is 0 Å². The molecule has 4 nitrogen and oxygen atoms in total. The lowest BCUT2D eigenvalue weighted by atomic mass is 9.85. The van der Waals surface area contributed by atoms with Crippen molar-refractivity contribution in [1.82, 2.24) is 15.1 Å². The van der Waals surface area contributed by atoms with Crippen LogP contribution in [0.4, 0.5) is 0 Å². The lowest BCUT2D eigenvalue weighted by Gasteiger charge is -2.46. The molecule has 0 amide bonds. The topological polar surface area (TPSA) is 38.7 Å². The van der Waals surface area contributed by atoms with Gasteiger partial charge in [-0.05, 0) is 46.6 Å². The number of piperazine rings is 1. The Hall–Kier alpha value is -3.28. The Balaban J connectivity index is 1.33. The second-order valence-corrected chi connectivity index (χ2v) is 12.4. The second kappa shape index (κ2) is 12.7. The van der Waals surface area contributed by atoms with Crippen LogP contribution in [0.15, 0.2) is 126 Å². The van der Waals surface area contributed by atoms with Gasteiger partial charge >= 0.3 is 0 Å². The quantitative estimate of drug-likeness (QED) is 0.291. The minimum atomic E-state index is -1.17. The number of hydrogen-bond donors (Lipinski definition) is 2. The molecule has 1 aliphatic heterocycles. The highest BCUT2D eigenvalue weighted by Crippen LogP contribution is 2.35. The van der Waals surface area contributed by atoms with Crippen molar-refractivity contribution < 1.29 is 5.11 Å². The molecule has 2 unspecified atom stereocenters. The van der Waals surface area contributed by atoms with Crippen molar-refractivity contribution in [1.29, 1.82) is 0 Å². The zero-order valence-electron chi connectivity index (χ0n) is 25.0. The number of nitrogens with zero attached hydrogens (tertiary/aromatic N) is 2. The highest BCUT2D eigenvalue weighted by Gasteiger charge is 2.36.